The van der Waals surface area contributed by atoms with Gasteiger partial charge >= 0.3 is 0 Å². The number of ether oxygens (including phenoxy) is 1. The average molecular weight is 391 g/mol. The molecular weight excluding hydrogens is 360 g/mol. The van der Waals surface area contributed by atoms with Crippen LogP contribution in [0.4, 0.5) is 0 Å². The van der Waals surface area contributed by atoms with Gasteiger partial charge in [0, 0.05) is 30.6 Å². The van der Waals surface area contributed by atoms with Crippen LogP contribution in [0.3, 0.4) is 0 Å². The maximum absolute atomic E-state index is 12.3. The molecule has 0 spiro atoms. The lowest BCUT2D eigenvalue weighted by molar-refractivity contribution is -0.136. The van der Waals surface area contributed by atoms with Crippen molar-refractivity contribution in [3.63, 3.8) is 0 Å². The van der Waals surface area contributed by atoms with Gasteiger partial charge in [0.2, 0.25) is 5.91 Å². The van der Waals surface area contributed by atoms with Crippen molar-refractivity contribution in [2.45, 2.75) is 58.1 Å². The minimum atomic E-state index is -0.0675. The SMILES string of the molecule is CN(CC1CC(Oc2ccc(CN3CCCC3)c(Cl)c2)C1)C(=O)C1(C)CC1. The van der Waals surface area contributed by atoms with Crippen LogP contribution in [0.25, 0.3) is 0 Å². The van der Waals surface area contributed by atoms with Crippen LogP contribution in [0, 0.1) is 11.3 Å². The molecule has 3 fully saturated rings. The fraction of sp³-hybridized carbons (Fsp3) is 0.682. The van der Waals surface area contributed by atoms with Gasteiger partial charge in [-0.05, 0) is 75.2 Å². The number of rotatable bonds is 7. The quantitative estimate of drug-likeness (QED) is 0.693. The summed E-state index contributed by atoms with van der Waals surface area (Å²) in [5, 5.41) is 0.804. The Morgan fingerprint density at radius 2 is 2.00 bits per heavy atom. The number of amides is 1. The summed E-state index contributed by atoms with van der Waals surface area (Å²) in [6, 6.07) is 6.12. The molecule has 27 heavy (non-hydrogen) atoms. The second kappa shape index (κ2) is 7.63. The molecule has 0 N–H and O–H groups in total. The molecule has 0 bridgehead atoms. The van der Waals surface area contributed by atoms with Gasteiger partial charge in [0.25, 0.3) is 0 Å². The summed E-state index contributed by atoms with van der Waals surface area (Å²) in [6.07, 6.45) is 6.95. The lowest BCUT2D eigenvalue weighted by Crippen LogP contribution is -2.43. The molecule has 2 aliphatic carbocycles. The van der Waals surface area contributed by atoms with E-state index in [-0.39, 0.29) is 11.5 Å². The van der Waals surface area contributed by atoms with Gasteiger partial charge in [-0.2, -0.15) is 0 Å². The highest BCUT2D eigenvalue weighted by atomic mass is 35.5. The molecule has 1 saturated heterocycles. The highest BCUT2D eigenvalue weighted by molar-refractivity contribution is 6.31. The van der Waals surface area contributed by atoms with Gasteiger partial charge in [-0.1, -0.05) is 24.6 Å². The Morgan fingerprint density at radius 1 is 1.30 bits per heavy atom. The van der Waals surface area contributed by atoms with Crippen LogP contribution in [0.5, 0.6) is 5.75 Å². The first kappa shape index (κ1) is 19.1. The summed E-state index contributed by atoms with van der Waals surface area (Å²) in [7, 11) is 1.94. The normalized spacial score (nSPS) is 26.5. The van der Waals surface area contributed by atoms with Crippen molar-refractivity contribution in [1.82, 2.24) is 9.80 Å². The lowest BCUT2D eigenvalue weighted by atomic mass is 9.81. The maximum Gasteiger partial charge on any atom is 0.228 e. The van der Waals surface area contributed by atoms with Crippen molar-refractivity contribution in [3.05, 3.63) is 28.8 Å². The molecule has 1 aromatic carbocycles. The standard InChI is InChI=1S/C22H31ClN2O2/c1-22(7-8-22)21(26)24(2)14-16-11-19(12-16)27-18-6-5-17(20(23)13-18)15-25-9-3-4-10-25/h5-6,13,16,19H,3-4,7-12,14-15H2,1-2H3. The van der Waals surface area contributed by atoms with Gasteiger partial charge in [0.05, 0.1) is 6.10 Å². The monoisotopic (exact) mass is 390 g/mol. The topological polar surface area (TPSA) is 32.8 Å². The van der Waals surface area contributed by atoms with Crippen molar-refractivity contribution in [3.8, 4) is 5.75 Å². The summed E-state index contributed by atoms with van der Waals surface area (Å²) >= 11 is 6.48. The number of nitrogens with zero attached hydrogens (tertiary/aromatic N) is 2. The zero-order valence-corrected chi connectivity index (χ0v) is 17.3. The Bertz CT molecular complexity index is 692. The Balaban J connectivity index is 1.22. The van der Waals surface area contributed by atoms with Gasteiger partial charge in [-0.15, -0.1) is 0 Å². The van der Waals surface area contributed by atoms with Crippen LogP contribution >= 0.6 is 11.6 Å². The van der Waals surface area contributed by atoms with E-state index in [0.717, 1.165) is 49.5 Å². The number of halogens is 1. The van der Waals surface area contributed by atoms with E-state index in [1.807, 2.05) is 24.1 Å². The first-order chi connectivity index (χ1) is 12.9. The number of likely N-dealkylation sites (tertiary alicyclic amines) is 1. The Kier molecular flexibility index (Phi) is 5.39. The Labute approximate surface area is 167 Å². The molecule has 4 nitrogen and oxygen atoms in total. The molecule has 1 aromatic rings. The molecule has 0 aromatic heterocycles. The highest BCUT2D eigenvalue weighted by Gasteiger charge is 2.47. The van der Waals surface area contributed by atoms with Crippen LogP contribution in [0.1, 0.15) is 51.0 Å². The van der Waals surface area contributed by atoms with Gasteiger partial charge in [0.1, 0.15) is 5.75 Å². The van der Waals surface area contributed by atoms with Crippen LogP contribution in [0.2, 0.25) is 5.02 Å². The van der Waals surface area contributed by atoms with Crippen molar-refractivity contribution in [2.75, 3.05) is 26.7 Å². The number of hydrogen-bond acceptors (Lipinski definition) is 3. The molecule has 3 aliphatic rings. The van der Waals surface area contributed by atoms with Crippen molar-refractivity contribution >= 4 is 17.5 Å². The fourth-order valence-electron chi connectivity index (χ4n) is 4.36. The van der Waals surface area contributed by atoms with E-state index < -0.39 is 0 Å². The van der Waals surface area contributed by atoms with E-state index in [1.54, 1.807) is 0 Å². The van der Waals surface area contributed by atoms with E-state index in [1.165, 1.54) is 31.5 Å². The summed E-state index contributed by atoms with van der Waals surface area (Å²) in [6.45, 7) is 6.21. The summed E-state index contributed by atoms with van der Waals surface area (Å²) in [5.74, 6) is 1.73. The average Bonchev–Trinajstić information content (AvgIpc) is 3.15. The summed E-state index contributed by atoms with van der Waals surface area (Å²) in [5.41, 5.74) is 1.12. The predicted octanol–water partition coefficient (Wildman–Crippen LogP) is 4.35. The second-order valence-corrected chi connectivity index (χ2v) is 9.47. The number of benzene rings is 1. The van der Waals surface area contributed by atoms with Gasteiger partial charge in [-0.3, -0.25) is 9.69 Å². The van der Waals surface area contributed by atoms with E-state index in [0.29, 0.717) is 11.8 Å². The van der Waals surface area contributed by atoms with Crippen molar-refractivity contribution in [1.29, 1.82) is 0 Å². The predicted molar refractivity (Wildman–Crippen MR) is 108 cm³/mol. The molecule has 5 heteroatoms. The van der Waals surface area contributed by atoms with E-state index in [2.05, 4.69) is 17.9 Å². The number of carbonyl (C=O) groups is 1. The van der Waals surface area contributed by atoms with E-state index >= 15 is 0 Å². The van der Waals surface area contributed by atoms with Crippen molar-refractivity contribution in [2.24, 2.45) is 11.3 Å². The largest absolute Gasteiger partial charge is 0.490 e. The third-order valence-corrected chi connectivity index (χ3v) is 6.86. The van der Waals surface area contributed by atoms with Crippen LogP contribution in [-0.2, 0) is 11.3 Å². The zero-order chi connectivity index (χ0) is 19.0. The number of carbonyl (C=O) groups excluding carboxylic acids is 1. The van der Waals surface area contributed by atoms with Gasteiger partial charge in [-0.25, -0.2) is 0 Å². The minimum Gasteiger partial charge on any atom is -0.490 e. The second-order valence-electron chi connectivity index (χ2n) is 9.06. The van der Waals surface area contributed by atoms with Crippen LogP contribution in [-0.4, -0.2) is 48.5 Å². The minimum absolute atomic E-state index is 0.0675. The van der Waals surface area contributed by atoms with Gasteiger partial charge < -0.3 is 9.64 Å². The highest BCUT2D eigenvalue weighted by Crippen LogP contribution is 2.46. The van der Waals surface area contributed by atoms with Crippen LogP contribution < -0.4 is 4.74 Å². The molecule has 4 rings (SSSR count). The summed E-state index contributed by atoms with van der Waals surface area (Å²) in [4.78, 5) is 16.7. The Hall–Kier alpha value is -1.26. The van der Waals surface area contributed by atoms with Gasteiger partial charge in [0.15, 0.2) is 0 Å². The van der Waals surface area contributed by atoms with E-state index in [4.69, 9.17) is 16.3 Å². The molecule has 1 heterocycles. The molecule has 1 aliphatic heterocycles. The van der Waals surface area contributed by atoms with Crippen LogP contribution in [0.15, 0.2) is 18.2 Å². The smallest absolute Gasteiger partial charge is 0.228 e. The zero-order valence-electron chi connectivity index (χ0n) is 16.5. The van der Waals surface area contributed by atoms with Crippen molar-refractivity contribution < 1.29 is 9.53 Å². The molecular formula is C22H31ClN2O2. The molecule has 0 radical (unpaired) electrons. The lowest BCUT2D eigenvalue weighted by Gasteiger charge is -2.38. The van der Waals surface area contributed by atoms with E-state index in [9.17, 15) is 4.79 Å². The number of hydrogen-bond donors (Lipinski definition) is 0. The first-order valence-electron chi connectivity index (χ1n) is 10.4. The maximum atomic E-state index is 12.3. The molecule has 2 saturated carbocycles. The molecule has 0 unspecified atom stereocenters. The fourth-order valence-corrected chi connectivity index (χ4v) is 4.59. The molecule has 0 atom stereocenters. The third kappa shape index (κ3) is 4.43. The molecule has 148 valence electrons. The first-order valence-corrected chi connectivity index (χ1v) is 10.7. The third-order valence-electron chi connectivity index (χ3n) is 6.51. The Morgan fingerprint density at radius 3 is 2.63 bits per heavy atom. The summed E-state index contributed by atoms with van der Waals surface area (Å²) < 4.78 is 6.11. The molecule has 1 amide bonds.